The van der Waals surface area contributed by atoms with Crippen LogP contribution >= 0.6 is 15.9 Å². The molecule has 3 aromatic carbocycles. The summed E-state index contributed by atoms with van der Waals surface area (Å²) in [6.07, 6.45) is 1.41. The number of methoxy groups -OCH3 is 4. The average Bonchev–Trinajstić information content (AvgIpc) is 2.90. The number of benzene rings is 3. The summed E-state index contributed by atoms with van der Waals surface area (Å²) >= 11 is 3.34. The van der Waals surface area contributed by atoms with E-state index in [-0.39, 0.29) is 5.75 Å². The Morgan fingerprint density at radius 1 is 0.921 bits per heavy atom. The van der Waals surface area contributed by atoms with E-state index < -0.39 is 21.8 Å². The second-order valence-corrected chi connectivity index (χ2v) is 10.9. The highest BCUT2D eigenvalue weighted by molar-refractivity contribution is 9.10. The summed E-state index contributed by atoms with van der Waals surface area (Å²) < 4.78 is 48.2. The van der Waals surface area contributed by atoms with Gasteiger partial charge in [-0.1, -0.05) is 34.1 Å². The number of carboxylic acid groups (broad SMARTS) is 1. The first-order chi connectivity index (χ1) is 18.1. The molecule has 0 saturated heterocycles. The second-order valence-electron chi connectivity index (χ2n) is 8.06. The zero-order valence-electron chi connectivity index (χ0n) is 21.2. The standard InChI is InChI=1S/C27H28BrNO8S/c1-34-20-14-24(36-3)21(25(15-20)37-4)11-12-38(32,33)16-17-5-10-23(35-2)22(13-17)29-26(27(30)31)18-6-8-19(28)9-7-18/h5-15,26,29H,16H2,1-4H3,(H,30,31)/b12-11+. The first-order valence-electron chi connectivity index (χ1n) is 11.2. The normalized spacial score (nSPS) is 12.1. The second kappa shape index (κ2) is 12.7. The molecule has 1 atom stereocenters. The third-order valence-electron chi connectivity index (χ3n) is 5.58. The fourth-order valence-electron chi connectivity index (χ4n) is 3.71. The lowest BCUT2D eigenvalue weighted by molar-refractivity contribution is -0.138. The van der Waals surface area contributed by atoms with Gasteiger partial charge in [-0.2, -0.15) is 0 Å². The Morgan fingerprint density at radius 3 is 2.05 bits per heavy atom. The van der Waals surface area contributed by atoms with Crippen molar-refractivity contribution < 1.29 is 37.3 Å². The molecule has 0 spiro atoms. The number of halogens is 1. The number of carboxylic acids is 1. The summed E-state index contributed by atoms with van der Waals surface area (Å²) in [5.74, 6) is 0.210. The number of sulfone groups is 1. The molecule has 0 fully saturated rings. The van der Waals surface area contributed by atoms with Gasteiger partial charge in [0.15, 0.2) is 15.9 Å². The number of hydrogen-bond acceptors (Lipinski definition) is 8. The van der Waals surface area contributed by atoms with E-state index in [0.29, 0.717) is 45.4 Å². The van der Waals surface area contributed by atoms with Crippen LogP contribution in [0.25, 0.3) is 6.08 Å². The van der Waals surface area contributed by atoms with E-state index in [0.717, 1.165) is 9.88 Å². The zero-order valence-corrected chi connectivity index (χ0v) is 23.6. The lowest BCUT2D eigenvalue weighted by Crippen LogP contribution is -2.21. The van der Waals surface area contributed by atoms with E-state index in [1.807, 2.05) is 0 Å². The van der Waals surface area contributed by atoms with Crippen LogP contribution in [-0.2, 0) is 20.4 Å². The summed E-state index contributed by atoms with van der Waals surface area (Å²) in [5.41, 5.74) is 1.74. The van der Waals surface area contributed by atoms with Crippen molar-refractivity contribution in [2.75, 3.05) is 33.8 Å². The van der Waals surface area contributed by atoms with Gasteiger partial charge < -0.3 is 29.4 Å². The SMILES string of the molecule is COc1cc(OC)c(/C=C/S(=O)(=O)Cc2ccc(OC)c(NC(C(=O)O)c3ccc(Br)cc3)c2)c(OC)c1. The van der Waals surface area contributed by atoms with E-state index >= 15 is 0 Å². The van der Waals surface area contributed by atoms with Crippen molar-refractivity contribution in [2.24, 2.45) is 0 Å². The van der Waals surface area contributed by atoms with Crippen molar-refractivity contribution in [2.45, 2.75) is 11.8 Å². The predicted molar refractivity (Wildman–Crippen MR) is 149 cm³/mol. The Labute approximate surface area is 230 Å². The summed E-state index contributed by atoms with van der Waals surface area (Å²) in [5, 5.41) is 13.9. The topological polar surface area (TPSA) is 120 Å². The van der Waals surface area contributed by atoms with Crippen LogP contribution in [0, 0.1) is 0 Å². The minimum Gasteiger partial charge on any atom is -0.496 e. The van der Waals surface area contributed by atoms with Crippen molar-refractivity contribution in [3.8, 4) is 23.0 Å². The van der Waals surface area contributed by atoms with Crippen molar-refractivity contribution in [3.05, 3.63) is 81.2 Å². The number of hydrogen-bond donors (Lipinski definition) is 2. The first-order valence-corrected chi connectivity index (χ1v) is 13.7. The Kier molecular flexibility index (Phi) is 9.65. The van der Waals surface area contributed by atoms with Crippen LogP contribution in [0.4, 0.5) is 5.69 Å². The first kappa shape index (κ1) is 28.9. The van der Waals surface area contributed by atoms with Gasteiger partial charge in [0, 0.05) is 22.0 Å². The predicted octanol–water partition coefficient (Wildman–Crippen LogP) is 5.31. The lowest BCUT2D eigenvalue weighted by Gasteiger charge is -2.19. The van der Waals surface area contributed by atoms with Crippen LogP contribution in [0.2, 0.25) is 0 Å². The van der Waals surface area contributed by atoms with Gasteiger partial charge in [0.25, 0.3) is 0 Å². The number of aliphatic carboxylic acids is 1. The summed E-state index contributed by atoms with van der Waals surface area (Å²) in [6.45, 7) is 0. The highest BCUT2D eigenvalue weighted by Gasteiger charge is 2.22. The van der Waals surface area contributed by atoms with Gasteiger partial charge in [0.05, 0.1) is 45.4 Å². The molecule has 202 valence electrons. The van der Waals surface area contributed by atoms with Gasteiger partial charge in [0.1, 0.15) is 23.0 Å². The third kappa shape index (κ3) is 7.20. The Morgan fingerprint density at radius 2 is 1.53 bits per heavy atom. The highest BCUT2D eigenvalue weighted by Crippen LogP contribution is 2.36. The smallest absolute Gasteiger partial charge is 0.330 e. The molecule has 9 nitrogen and oxygen atoms in total. The highest BCUT2D eigenvalue weighted by atomic mass is 79.9. The number of rotatable bonds is 12. The number of carbonyl (C=O) groups is 1. The summed E-state index contributed by atoms with van der Waals surface area (Å²) in [7, 11) is 2.13. The maximum absolute atomic E-state index is 13.0. The quantitative estimate of drug-likeness (QED) is 0.283. The molecule has 0 bridgehead atoms. The fraction of sp³-hybridized carbons (Fsp3) is 0.222. The Hall–Kier alpha value is -3.70. The molecule has 0 heterocycles. The summed E-state index contributed by atoms with van der Waals surface area (Å²) in [4.78, 5) is 12.0. The molecule has 0 aliphatic rings. The number of ether oxygens (including phenoxy) is 4. The molecular weight excluding hydrogens is 578 g/mol. The van der Waals surface area contributed by atoms with Crippen molar-refractivity contribution in [1.29, 1.82) is 0 Å². The van der Waals surface area contributed by atoms with Crippen LogP contribution < -0.4 is 24.3 Å². The molecular formula is C27H28BrNO8S. The zero-order chi connectivity index (χ0) is 27.9. The van der Waals surface area contributed by atoms with Crippen molar-refractivity contribution >= 4 is 43.5 Å². The molecule has 38 heavy (non-hydrogen) atoms. The monoisotopic (exact) mass is 605 g/mol. The minimum absolute atomic E-state index is 0.334. The molecule has 1 unspecified atom stereocenters. The third-order valence-corrected chi connectivity index (χ3v) is 7.39. The van der Waals surface area contributed by atoms with Gasteiger partial charge in [-0.25, -0.2) is 13.2 Å². The fourth-order valence-corrected chi connectivity index (χ4v) is 5.05. The summed E-state index contributed by atoms with van der Waals surface area (Å²) in [6, 6.07) is 13.8. The molecule has 0 saturated carbocycles. The van der Waals surface area contributed by atoms with Gasteiger partial charge in [-0.05, 0) is 41.5 Å². The van der Waals surface area contributed by atoms with E-state index in [1.165, 1.54) is 34.5 Å². The molecule has 11 heteroatoms. The maximum atomic E-state index is 13.0. The van der Waals surface area contributed by atoms with Gasteiger partial charge in [-0.15, -0.1) is 0 Å². The lowest BCUT2D eigenvalue weighted by atomic mass is 10.1. The molecule has 0 aromatic heterocycles. The average molecular weight is 606 g/mol. The Balaban J connectivity index is 1.90. The van der Waals surface area contributed by atoms with Crippen LogP contribution in [0.1, 0.15) is 22.7 Å². The molecule has 0 aliphatic heterocycles. The number of anilines is 1. The maximum Gasteiger partial charge on any atom is 0.330 e. The minimum atomic E-state index is -3.75. The van der Waals surface area contributed by atoms with Crippen molar-refractivity contribution in [3.63, 3.8) is 0 Å². The van der Waals surface area contributed by atoms with Gasteiger partial charge in [-0.3, -0.25) is 0 Å². The molecule has 3 aromatic rings. The molecule has 0 radical (unpaired) electrons. The van der Waals surface area contributed by atoms with E-state index in [9.17, 15) is 18.3 Å². The van der Waals surface area contributed by atoms with Crippen LogP contribution in [-0.4, -0.2) is 47.9 Å². The molecule has 3 rings (SSSR count). The van der Waals surface area contributed by atoms with E-state index in [1.54, 1.807) is 54.6 Å². The van der Waals surface area contributed by atoms with Crippen LogP contribution in [0.5, 0.6) is 23.0 Å². The molecule has 2 N–H and O–H groups in total. The van der Waals surface area contributed by atoms with E-state index in [4.69, 9.17) is 18.9 Å². The molecule has 0 amide bonds. The van der Waals surface area contributed by atoms with Gasteiger partial charge in [0.2, 0.25) is 0 Å². The van der Waals surface area contributed by atoms with Crippen molar-refractivity contribution in [1.82, 2.24) is 0 Å². The number of nitrogens with one attached hydrogen (secondary N) is 1. The van der Waals surface area contributed by atoms with E-state index in [2.05, 4.69) is 21.2 Å². The Bertz CT molecular complexity index is 1400. The largest absolute Gasteiger partial charge is 0.496 e. The molecule has 0 aliphatic carbocycles. The van der Waals surface area contributed by atoms with Crippen LogP contribution in [0.3, 0.4) is 0 Å². The van der Waals surface area contributed by atoms with Gasteiger partial charge >= 0.3 is 5.97 Å². The van der Waals surface area contributed by atoms with Crippen LogP contribution in [0.15, 0.2) is 64.5 Å².